The zero-order valence-electron chi connectivity index (χ0n) is 13.2. The first kappa shape index (κ1) is 17.6. The van der Waals surface area contributed by atoms with Crippen LogP contribution in [-0.2, 0) is 9.53 Å². The van der Waals surface area contributed by atoms with E-state index in [9.17, 15) is 4.79 Å². The number of nitrogens with one attached hydrogen (secondary N) is 1. The molecule has 0 bridgehead atoms. The molecule has 1 fully saturated rings. The summed E-state index contributed by atoms with van der Waals surface area (Å²) in [5.41, 5.74) is 5.43. The first-order valence-corrected chi connectivity index (χ1v) is 7.80. The Hall–Kier alpha value is -0.490. The van der Waals surface area contributed by atoms with Gasteiger partial charge in [-0.25, -0.2) is 0 Å². The molecule has 0 aliphatic carbocycles. The summed E-state index contributed by atoms with van der Waals surface area (Å²) < 4.78 is 5.34. The first-order chi connectivity index (χ1) is 9.51. The van der Waals surface area contributed by atoms with Crippen molar-refractivity contribution in [3.8, 4) is 0 Å². The van der Waals surface area contributed by atoms with Crippen molar-refractivity contribution in [1.29, 1.82) is 0 Å². The average Bonchev–Trinajstić information content (AvgIpc) is 2.50. The molecule has 0 radical (unpaired) electrons. The molecule has 3 N–H and O–H groups in total. The maximum absolute atomic E-state index is 11.3. The van der Waals surface area contributed by atoms with Gasteiger partial charge >= 0.3 is 0 Å². The summed E-state index contributed by atoms with van der Waals surface area (Å²) >= 11 is 0. The molecular weight excluding hydrogens is 254 g/mol. The molecule has 0 aromatic carbocycles. The maximum atomic E-state index is 11.3. The van der Waals surface area contributed by atoms with Gasteiger partial charge in [0.25, 0.3) is 0 Å². The Morgan fingerprint density at radius 1 is 1.40 bits per heavy atom. The standard InChI is InChI=1S/C15H31N3O2/c1-4-13(2)15(16,12-19)11-17-14(3)5-6-18-7-9-20-10-8-18/h12-14,17H,4-11,16H2,1-3H3. The molecule has 3 unspecified atom stereocenters. The van der Waals surface area contributed by atoms with Crippen LogP contribution in [0.2, 0.25) is 0 Å². The lowest BCUT2D eigenvalue weighted by Gasteiger charge is -2.32. The van der Waals surface area contributed by atoms with Crippen LogP contribution in [0.1, 0.15) is 33.6 Å². The minimum absolute atomic E-state index is 0.193. The van der Waals surface area contributed by atoms with Crippen LogP contribution in [0.15, 0.2) is 0 Å². The van der Waals surface area contributed by atoms with Crippen molar-refractivity contribution in [2.45, 2.75) is 45.2 Å². The lowest BCUT2D eigenvalue weighted by molar-refractivity contribution is -0.113. The Kier molecular flexibility index (Phi) is 7.66. The highest BCUT2D eigenvalue weighted by atomic mass is 16.5. The highest BCUT2D eigenvalue weighted by molar-refractivity contribution is 5.64. The number of hydrogen-bond acceptors (Lipinski definition) is 5. The molecule has 20 heavy (non-hydrogen) atoms. The molecule has 0 saturated carbocycles. The van der Waals surface area contributed by atoms with E-state index in [4.69, 9.17) is 10.5 Å². The zero-order chi connectivity index (χ0) is 15.0. The molecule has 1 aliphatic heterocycles. The Morgan fingerprint density at radius 3 is 2.60 bits per heavy atom. The molecular formula is C15H31N3O2. The van der Waals surface area contributed by atoms with Crippen molar-refractivity contribution in [1.82, 2.24) is 10.2 Å². The van der Waals surface area contributed by atoms with E-state index in [1.165, 1.54) is 0 Å². The van der Waals surface area contributed by atoms with Crippen molar-refractivity contribution in [3.63, 3.8) is 0 Å². The van der Waals surface area contributed by atoms with Crippen molar-refractivity contribution in [2.24, 2.45) is 11.7 Å². The highest BCUT2D eigenvalue weighted by Crippen LogP contribution is 2.15. The molecule has 0 aromatic rings. The van der Waals surface area contributed by atoms with E-state index in [1.54, 1.807) is 0 Å². The van der Waals surface area contributed by atoms with Gasteiger partial charge in [0.2, 0.25) is 0 Å². The number of nitrogens with zero attached hydrogens (tertiary/aromatic N) is 1. The number of morpholine rings is 1. The van der Waals surface area contributed by atoms with Gasteiger partial charge in [-0.1, -0.05) is 20.3 Å². The molecule has 1 saturated heterocycles. The third-order valence-electron chi connectivity index (χ3n) is 4.49. The van der Waals surface area contributed by atoms with Crippen LogP contribution < -0.4 is 11.1 Å². The summed E-state index contributed by atoms with van der Waals surface area (Å²) in [7, 11) is 0. The maximum Gasteiger partial charge on any atom is 0.141 e. The summed E-state index contributed by atoms with van der Waals surface area (Å²) in [6.07, 6.45) is 2.89. The van der Waals surface area contributed by atoms with Crippen LogP contribution in [0, 0.1) is 5.92 Å². The molecule has 0 spiro atoms. The number of carbonyl (C=O) groups excluding carboxylic acids is 1. The van der Waals surface area contributed by atoms with E-state index in [-0.39, 0.29) is 5.92 Å². The van der Waals surface area contributed by atoms with Gasteiger partial charge in [-0.15, -0.1) is 0 Å². The largest absolute Gasteiger partial charge is 0.379 e. The van der Waals surface area contributed by atoms with Crippen molar-refractivity contribution >= 4 is 6.29 Å². The highest BCUT2D eigenvalue weighted by Gasteiger charge is 2.30. The smallest absolute Gasteiger partial charge is 0.141 e. The molecule has 0 aromatic heterocycles. The van der Waals surface area contributed by atoms with Gasteiger partial charge in [0.05, 0.1) is 18.8 Å². The van der Waals surface area contributed by atoms with Crippen molar-refractivity contribution in [3.05, 3.63) is 0 Å². The number of nitrogens with two attached hydrogens (primary N) is 1. The Balaban J connectivity index is 2.27. The van der Waals surface area contributed by atoms with E-state index < -0.39 is 5.54 Å². The molecule has 1 rings (SSSR count). The molecule has 3 atom stereocenters. The second-order valence-electron chi connectivity index (χ2n) is 6.06. The van der Waals surface area contributed by atoms with Crippen LogP contribution in [0.25, 0.3) is 0 Å². The van der Waals surface area contributed by atoms with Gasteiger partial charge in [-0.05, 0) is 25.8 Å². The number of hydrogen-bond donors (Lipinski definition) is 2. The van der Waals surface area contributed by atoms with E-state index in [0.29, 0.717) is 12.6 Å². The Labute approximate surface area is 123 Å². The normalized spacial score (nSPS) is 23.0. The molecule has 1 heterocycles. The van der Waals surface area contributed by atoms with Crippen LogP contribution in [-0.4, -0.2) is 62.2 Å². The van der Waals surface area contributed by atoms with Crippen molar-refractivity contribution in [2.75, 3.05) is 39.4 Å². The van der Waals surface area contributed by atoms with Crippen LogP contribution >= 0.6 is 0 Å². The predicted octanol–water partition coefficient (Wildman–Crippen LogP) is 0.629. The van der Waals surface area contributed by atoms with Gasteiger partial charge in [-0.2, -0.15) is 0 Å². The van der Waals surface area contributed by atoms with Gasteiger partial charge in [0.15, 0.2) is 0 Å². The summed E-state index contributed by atoms with van der Waals surface area (Å²) in [5, 5.41) is 3.41. The third kappa shape index (κ3) is 5.48. The lowest BCUT2D eigenvalue weighted by atomic mass is 9.85. The third-order valence-corrected chi connectivity index (χ3v) is 4.49. The number of aldehydes is 1. The summed E-state index contributed by atoms with van der Waals surface area (Å²) in [4.78, 5) is 13.7. The van der Waals surface area contributed by atoms with Gasteiger partial charge in [0, 0.05) is 25.7 Å². The fourth-order valence-corrected chi connectivity index (χ4v) is 2.37. The molecule has 5 nitrogen and oxygen atoms in total. The van der Waals surface area contributed by atoms with Crippen LogP contribution in [0.5, 0.6) is 0 Å². The molecule has 5 heteroatoms. The van der Waals surface area contributed by atoms with E-state index in [0.717, 1.165) is 52.0 Å². The van der Waals surface area contributed by atoms with Gasteiger partial charge in [-0.3, -0.25) is 4.90 Å². The number of carbonyl (C=O) groups is 1. The minimum atomic E-state index is -0.748. The zero-order valence-corrected chi connectivity index (χ0v) is 13.2. The van der Waals surface area contributed by atoms with Crippen LogP contribution in [0.4, 0.5) is 0 Å². The quantitative estimate of drug-likeness (QED) is 0.608. The number of ether oxygens (including phenoxy) is 1. The van der Waals surface area contributed by atoms with Gasteiger partial charge in [0.1, 0.15) is 6.29 Å². The first-order valence-electron chi connectivity index (χ1n) is 7.80. The van der Waals surface area contributed by atoms with Crippen LogP contribution in [0.3, 0.4) is 0 Å². The SMILES string of the molecule is CCC(C)C(N)(C=O)CNC(C)CCN1CCOCC1. The van der Waals surface area contributed by atoms with Crippen molar-refractivity contribution < 1.29 is 9.53 Å². The molecule has 0 amide bonds. The predicted molar refractivity (Wildman–Crippen MR) is 81.8 cm³/mol. The topological polar surface area (TPSA) is 67.6 Å². The second-order valence-corrected chi connectivity index (χ2v) is 6.06. The summed E-state index contributed by atoms with van der Waals surface area (Å²) in [6, 6.07) is 0.366. The second kappa shape index (κ2) is 8.72. The monoisotopic (exact) mass is 285 g/mol. The van der Waals surface area contributed by atoms with Gasteiger partial charge < -0.3 is 20.6 Å². The van der Waals surface area contributed by atoms with E-state index in [2.05, 4.69) is 24.1 Å². The van der Waals surface area contributed by atoms with E-state index in [1.807, 2.05) is 6.92 Å². The fraction of sp³-hybridized carbons (Fsp3) is 0.933. The fourth-order valence-electron chi connectivity index (χ4n) is 2.37. The Morgan fingerprint density at radius 2 is 2.05 bits per heavy atom. The molecule has 118 valence electrons. The Bertz CT molecular complexity index is 282. The average molecular weight is 285 g/mol. The number of rotatable bonds is 9. The van der Waals surface area contributed by atoms with E-state index >= 15 is 0 Å². The molecule has 1 aliphatic rings. The summed E-state index contributed by atoms with van der Waals surface area (Å²) in [6.45, 7) is 11.6. The summed E-state index contributed by atoms with van der Waals surface area (Å²) in [5.74, 6) is 0.193. The lowest BCUT2D eigenvalue weighted by Crippen LogP contribution is -2.56. The minimum Gasteiger partial charge on any atom is -0.379 e.